The Morgan fingerprint density at radius 3 is 2.61 bits per heavy atom. The lowest BCUT2D eigenvalue weighted by Gasteiger charge is -1.98. The van der Waals surface area contributed by atoms with Crippen molar-refractivity contribution in [2.24, 2.45) is 5.10 Å². The molecule has 1 N–H and O–H groups in total. The molecule has 2 aromatic carbocycles. The zero-order valence-corrected chi connectivity index (χ0v) is 15.8. The zero-order chi connectivity index (χ0) is 15.4. The number of rotatable bonds is 4. The van der Waals surface area contributed by atoms with Gasteiger partial charge in [-0.15, -0.1) is 28.3 Å². The second-order valence-corrected chi connectivity index (χ2v) is 6.14. The largest absolute Gasteiger partial charge is 0.253 e. The van der Waals surface area contributed by atoms with Crippen LogP contribution in [0.25, 0.3) is 11.3 Å². The van der Waals surface area contributed by atoms with Crippen molar-refractivity contribution < 1.29 is 0 Å². The van der Waals surface area contributed by atoms with Gasteiger partial charge in [0.25, 0.3) is 0 Å². The van der Waals surface area contributed by atoms with Crippen molar-refractivity contribution in [2.75, 3.05) is 5.43 Å². The fourth-order valence-electron chi connectivity index (χ4n) is 1.83. The fraction of sp³-hybridized carbons (Fsp3) is 0. The van der Waals surface area contributed by atoms with E-state index in [4.69, 9.17) is 23.2 Å². The summed E-state index contributed by atoms with van der Waals surface area (Å²) in [7, 11) is 0. The number of benzene rings is 2. The molecule has 0 atom stereocenters. The molecule has 0 radical (unpaired) electrons. The second-order valence-electron chi connectivity index (χ2n) is 4.44. The van der Waals surface area contributed by atoms with Crippen LogP contribution in [0.4, 0.5) is 5.13 Å². The first-order valence-electron chi connectivity index (χ1n) is 6.47. The van der Waals surface area contributed by atoms with Crippen molar-refractivity contribution in [1.29, 1.82) is 0 Å². The minimum absolute atomic E-state index is 0. The Morgan fingerprint density at radius 2 is 1.87 bits per heavy atom. The highest BCUT2D eigenvalue weighted by Crippen LogP contribution is 2.24. The smallest absolute Gasteiger partial charge is 0.203 e. The highest BCUT2D eigenvalue weighted by molar-refractivity contribution is 8.93. The van der Waals surface area contributed by atoms with Crippen LogP contribution >= 0.6 is 51.5 Å². The minimum Gasteiger partial charge on any atom is -0.253 e. The van der Waals surface area contributed by atoms with Crippen LogP contribution in [0.15, 0.2) is 59.0 Å². The Morgan fingerprint density at radius 1 is 1.09 bits per heavy atom. The monoisotopic (exact) mass is 427 g/mol. The quantitative estimate of drug-likeness (QED) is 0.400. The summed E-state index contributed by atoms with van der Waals surface area (Å²) in [6, 6.07) is 15.3. The molecule has 118 valence electrons. The number of thiazole rings is 1. The summed E-state index contributed by atoms with van der Waals surface area (Å²) in [5.41, 5.74) is 5.70. The third kappa shape index (κ3) is 4.78. The van der Waals surface area contributed by atoms with Gasteiger partial charge in [-0.1, -0.05) is 59.6 Å². The van der Waals surface area contributed by atoms with E-state index in [1.165, 1.54) is 11.3 Å². The van der Waals surface area contributed by atoms with Gasteiger partial charge in [0.2, 0.25) is 5.13 Å². The number of aromatic nitrogens is 1. The van der Waals surface area contributed by atoms with Crippen LogP contribution < -0.4 is 5.43 Å². The van der Waals surface area contributed by atoms with Crippen LogP contribution in [-0.2, 0) is 0 Å². The standard InChI is InChI=1S/C16H11Cl2N3S.BrH/c17-13-7-6-12(14(18)8-13)9-19-21-16-20-15(10-22-16)11-4-2-1-3-5-11;/h1-10H,(H,20,21);1H/b19-9+;. The van der Waals surface area contributed by atoms with E-state index in [0.717, 1.165) is 22.0 Å². The third-order valence-corrected chi connectivity index (χ3v) is 4.21. The number of hydrogen-bond donors (Lipinski definition) is 1. The molecule has 1 aromatic heterocycles. The van der Waals surface area contributed by atoms with Crippen molar-refractivity contribution in [3.63, 3.8) is 0 Å². The van der Waals surface area contributed by atoms with Crippen LogP contribution in [0.2, 0.25) is 10.0 Å². The van der Waals surface area contributed by atoms with Gasteiger partial charge in [-0.2, -0.15) is 5.10 Å². The second kappa shape index (κ2) is 8.45. The molecule has 0 saturated carbocycles. The van der Waals surface area contributed by atoms with E-state index < -0.39 is 0 Å². The Bertz CT molecular complexity index is 806. The number of hydrogen-bond acceptors (Lipinski definition) is 4. The maximum Gasteiger partial charge on any atom is 0.203 e. The summed E-state index contributed by atoms with van der Waals surface area (Å²) < 4.78 is 0. The van der Waals surface area contributed by atoms with Crippen molar-refractivity contribution in [3.05, 3.63) is 69.5 Å². The SMILES string of the molecule is Br.Clc1ccc(/C=N/Nc2nc(-c3ccccc3)cs2)c(Cl)c1. The van der Waals surface area contributed by atoms with Crippen molar-refractivity contribution in [3.8, 4) is 11.3 Å². The maximum atomic E-state index is 6.08. The van der Waals surface area contributed by atoms with E-state index in [0.29, 0.717) is 10.0 Å². The van der Waals surface area contributed by atoms with Crippen molar-refractivity contribution in [1.82, 2.24) is 4.98 Å². The van der Waals surface area contributed by atoms with Gasteiger partial charge in [-0.25, -0.2) is 4.98 Å². The lowest BCUT2D eigenvalue weighted by atomic mass is 10.2. The van der Waals surface area contributed by atoms with Gasteiger partial charge in [0, 0.05) is 21.5 Å². The summed E-state index contributed by atoms with van der Waals surface area (Å²) >= 11 is 13.4. The third-order valence-electron chi connectivity index (χ3n) is 2.90. The summed E-state index contributed by atoms with van der Waals surface area (Å²) in [5, 5.41) is 8.02. The Labute approximate surface area is 158 Å². The zero-order valence-electron chi connectivity index (χ0n) is 11.7. The molecule has 0 aliphatic rings. The first kappa shape index (κ1) is 17.9. The summed E-state index contributed by atoms with van der Waals surface area (Å²) in [5.74, 6) is 0. The fourth-order valence-corrected chi connectivity index (χ4v) is 2.96. The average Bonchev–Trinajstić information content (AvgIpc) is 2.99. The molecule has 0 unspecified atom stereocenters. The van der Waals surface area contributed by atoms with Crippen LogP contribution in [0.1, 0.15) is 5.56 Å². The van der Waals surface area contributed by atoms with Crippen molar-refractivity contribution in [2.45, 2.75) is 0 Å². The lowest BCUT2D eigenvalue weighted by Crippen LogP contribution is -1.91. The van der Waals surface area contributed by atoms with E-state index >= 15 is 0 Å². The number of anilines is 1. The predicted octanol–water partition coefficient (Wildman–Crippen LogP) is 6.14. The molecule has 23 heavy (non-hydrogen) atoms. The molecule has 0 amide bonds. The molecule has 0 aliphatic heterocycles. The number of nitrogens with one attached hydrogen (secondary N) is 1. The highest BCUT2D eigenvalue weighted by Gasteiger charge is 2.03. The van der Waals surface area contributed by atoms with E-state index in [9.17, 15) is 0 Å². The Hall–Kier alpha value is -1.40. The minimum atomic E-state index is 0. The van der Waals surface area contributed by atoms with Gasteiger partial charge < -0.3 is 0 Å². The molecule has 0 fully saturated rings. The first-order valence-corrected chi connectivity index (χ1v) is 8.11. The van der Waals surface area contributed by atoms with Gasteiger partial charge in [-0.05, 0) is 12.1 Å². The van der Waals surface area contributed by atoms with Crippen molar-refractivity contribution >= 4 is 62.9 Å². The van der Waals surface area contributed by atoms with Gasteiger partial charge >= 0.3 is 0 Å². The number of halogens is 3. The number of nitrogens with zero attached hydrogens (tertiary/aromatic N) is 2. The molecule has 0 aliphatic carbocycles. The molecule has 3 rings (SSSR count). The normalized spacial score (nSPS) is 10.5. The van der Waals surface area contributed by atoms with E-state index in [-0.39, 0.29) is 17.0 Å². The Balaban J connectivity index is 0.00000192. The van der Waals surface area contributed by atoms with Crippen LogP contribution in [-0.4, -0.2) is 11.2 Å². The first-order chi connectivity index (χ1) is 10.7. The molecule has 0 saturated heterocycles. The van der Waals surface area contributed by atoms with E-state index in [2.05, 4.69) is 15.5 Å². The molecule has 0 bridgehead atoms. The predicted molar refractivity (Wildman–Crippen MR) is 106 cm³/mol. The highest BCUT2D eigenvalue weighted by atomic mass is 79.9. The van der Waals surface area contributed by atoms with Gasteiger partial charge in [0.1, 0.15) is 0 Å². The van der Waals surface area contributed by atoms with Gasteiger partial charge in [0.15, 0.2) is 0 Å². The van der Waals surface area contributed by atoms with E-state index in [1.807, 2.05) is 41.8 Å². The molecular weight excluding hydrogens is 417 g/mol. The van der Waals surface area contributed by atoms with Gasteiger partial charge in [0.05, 0.1) is 16.9 Å². The number of hydrazone groups is 1. The molecular formula is C16H12BrCl2N3S. The van der Waals surface area contributed by atoms with Crippen LogP contribution in [0.5, 0.6) is 0 Å². The summed E-state index contributed by atoms with van der Waals surface area (Å²) in [4.78, 5) is 4.49. The maximum absolute atomic E-state index is 6.08. The molecule has 3 aromatic rings. The van der Waals surface area contributed by atoms with Gasteiger partial charge in [-0.3, -0.25) is 5.43 Å². The summed E-state index contributed by atoms with van der Waals surface area (Å²) in [6.45, 7) is 0. The topological polar surface area (TPSA) is 37.3 Å². The van der Waals surface area contributed by atoms with Crippen LogP contribution in [0, 0.1) is 0 Å². The molecule has 1 heterocycles. The average molecular weight is 429 g/mol. The van der Waals surface area contributed by atoms with Crippen LogP contribution in [0.3, 0.4) is 0 Å². The Kier molecular flexibility index (Phi) is 6.59. The molecule has 3 nitrogen and oxygen atoms in total. The molecule has 7 heteroatoms. The van der Waals surface area contributed by atoms with E-state index in [1.54, 1.807) is 18.3 Å². The summed E-state index contributed by atoms with van der Waals surface area (Å²) in [6.07, 6.45) is 1.64. The lowest BCUT2D eigenvalue weighted by molar-refractivity contribution is 1.29. The molecule has 0 spiro atoms.